The van der Waals surface area contributed by atoms with E-state index in [4.69, 9.17) is 5.11 Å². The molecule has 0 spiro atoms. The van der Waals surface area contributed by atoms with Crippen LogP contribution in [0.25, 0.3) is 0 Å². The molecule has 0 aromatic rings. The minimum absolute atomic E-state index is 0.161. The first kappa shape index (κ1) is 14.2. The van der Waals surface area contributed by atoms with Crippen LogP contribution in [-0.2, 0) is 4.79 Å². The highest BCUT2D eigenvalue weighted by molar-refractivity contribution is 7.98. The number of thioether (sulfide) groups is 1. The molecule has 1 aliphatic rings. The maximum absolute atomic E-state index is 12.1. The number of carboxylic acid groups (broad SMARTS) is 1. The molecule has 1 saturated heterocycles. The van der Waals surface area contributed by atoms with Gasteiger partial charge in [0.25, 0.3) is 0 Å². The number of likely N-dealkylation sites (tertiary alicyclic amines) is 1. The molecule has 0 aromatic heterocycles. The highest BCUT2D eigenvalue weighted by atomic mass is 32.2. The molecule has 1 aliphatic heterocycles. The number of carbonyl (C=O) groups is 2. The third-order valence-corrected chi connectivity index (χ3v) is 3.58. The van der Waals surface area contributed by atoms with Gasteiger partial charge in [0, 0.05) is 25.9 Å². The van der Waals surface area contributed by atoms with Gasteiger partial charge in [-0.3, -0.25) is 0 Å². The molecule has 5 nitrogen and oxygen atoms in total. The number of nitrogens with zero attached hydrogens (tertiary/aromatic N) is 2. The number of hydrogen-bond acceptors (Lipinski definition) is 3. The van der Waals surface area contributed by atoms with Crippen LogP contribution in [0.3, 0.4) is 0 Å². The van der Waals surface area contributed by atoms with Crippen molar-refractivity contribution in [1.82, 2.24) is 9.80 Å². The fraction of sp³-hybridized carbons (Fsp3) is 0.818. The largest absolute Gasteiger partial charge is 0.480 e. The van der Waals surface area contributed by atoms with Crippen LogP contribution in [0.4, 0.5) is 4.79 Å². The van der Waals surface area contributed by atoms with Crippen molar-refractivity contribution in [2.75, 3.05) is 32.1 Å². The normalized spacial score (nSPS) is 20.1. The summed E-state index contributed by atoms with van der Waals surface area (Å²) in [6, 6.07) is -0.806. The molecule has 1 unspecified atom stereocenters. The summed E-state index contributed by atoms with van der Waals surface area (Å²) < 4.78 is 0. The summed E-state index contributed by atoms with van der Waals surface area (Å²) in [6.45, 7) is 1.21. The van der Waals surface area contributed by atoms with Crippen molar-refractivity contribution in [2.24, 2.45) is 0 Å². The zero-order chi connectivity index (χ0) is 12.8. The molecule has 1 fully saturated rings. The van der Waals surface area contributed by atoms with E-state index >= 15 is 0 Å². The predicted molar refractivity (Wildman–Crippen MR) is 68.4 cm³/mol. The van der Waals surface area contributed by atoms with Crippen LogP contribution < -0.4 is 0 Å². The highest BCUT2D eigenvalue weighted by Crippen LogP contribution is 2.18. The molecular formula is C11H20N2O3S. The average Bonchev–Trinajstić information content (AvgIpc) is 2.34. The summed E-state index contributed by atoms with van der Waals surface area (Å²) in [5.41, 5.74) is 0. The maximum Gasteiger partial charge on any atom is 0.326 e. The molecule has 1 heterocycles. The van der Waals surface area contributed by atoms with Gasteiger partial charge in [-0.1, -0.05) is 0 Å². The van der Waals surface area contributed by atoms with E-state index in [1.165, 1.54) is 4.90 Å². The van der Waals surface area contributed by atoms with Gasteiger partial charge in [0.1, 0.15) is 6.04 Å². The maximum atomic E-state index is 12.1. The number of carbonyl (C=O) groups excluding carboxylic acids is 1. The summed E-state index contributed by atoms with van der Waals surface area (Å²) in [5.74, 6) is -0.0234. The topological polar surface area (TPSA) is 60.9 Å². The van der Waals surface area contributed by atoms with Crippen LogP contribution in [0.15, 0.2) is 0 Å². The Labute approximate surface area is 106 Å². The molecule has 1 rings (SSSR count). The Morgan fingerprint density at radius 2 is 2.18 bits per heavy atom. The number of rotatable bonds is 4. The van der Waals surface area contributed by atoms with Gasteiger partial charge in [-0.25, -0.2) is 9.59 Å². The van der Waals surface area contributed by atoms with Gasteiger partial charge in [0.05, 0.1) is 0 Å². The van der Waals surface area contributed by atoms with Crippen molar-refractivity contribution in [3.63, 3.8) is 0 Å². The Morgan fingerprint density at radius 1 is 1.47 bits per heavy atom. The first-order valence-corrected chi connectivity index (χ1v) is 7.20. The fourth-order valence-electron chi connectivity index (χ4n) is 1.96. The van der Waals surface area contributed by atoms with Crippen LogP contribution in [0.5, 0.6) is 0 Å². The van der Waals surface area contributed by atoms with E-state index in [0.717, 1.165) is 18.6 Å². The Morgan fingerprint density at radius 3 is 2.76 bits per heavy atom. The number of carboxylic acids is 1. The zero-order valence-electron chi connectivity index (χ0n) is 10.4. The summed E-state index contributed by atoms with van der Waals surface area (Å²) in [5, 5.41) is 9.10. The van der Waals surface area contributed by atoms with Gasteiger partial charge < -0.3 is 14.9 Å². The minimum atomic E-state index is -0.892. The lowest BCUT2D eigenvalue weighted by Crippen LogP contribution is -2.52. The monoisotopic (exact) mass is 260 g/mol. The summed E-state index contributed by atoms with van der Waals surface area (Å²) in [7, 11) is 1.73. The van der Waals surface area contributed by atoms with Gasteiger partial charge in [-0.05, 0) is 25.5 Å². The van der Waals surface area contributed by atoms with Crippen molar-refractivity contribution in [3.8, 4) is 0 Å². The number of piperidine rings is 1. The van der Waals surface area contributed by atoms with Gasteiger partial charge in [-0.15, -0.1) is 0 Å². The Balaban J connectivity index is 2.61. The van der Waals surface area contributed by atoms with Crippen LogP contribution in [-0.4, -0.2) is 65.1 Å². The number of amides is 2. The van der Waals surface area contributed by atoms with E-state index in [1.54, 1.807) is 23.7 Å². The fourth-order valence-corrected chi connectivity index (χ4v) is 2.42. The summed E-state index contributed by atoms with van der Waals surface area (Å²) in [6.07, 6.45) is 4.33. The number of hydrogen-bond donors (Lipinski definition) is 1. The second kappa shape index (κ2) is 6.74. The SMILES string of the molecule is CSCCN(C)C(=O)N1CCCCC1C(=O)O. The van der Waals surface area contributed by atoms with Crippen LogP contribution >= 0.6 is 11.8 Å². The van der Waals surface area contributed by atoms with Crippen LogP contribution in [0, 0.1) is 0 Å². The Hall–Kier alpha value is -0.910. The standard InChI is InChI=1S/C11H20N2O3S/c1-12(7-8-17-2)11(16)13-6-4-3-5-9(13)10(14)15/h9H,3-8H2,1-2H3,(H,14,15). The lowest BCUT2D eigenvalue weighted by atomic mass is 10.0. The molecule has 1 N–H and O–H groups in total. The van der Waals surface area contributed by atoms with E-state index in [2.05, 4.69) is 0 Å². The van der Waals surface area contributed by atoms with Crippen molar-refractivity contribution in [2.45, 2.75) is 25.3 Å². The number of urea groups is 1. The van der Waals surface area contributed by atoms with Gasteiger partial charge in [-0.2, -0.15) is 11.8 Å². The lowest BCUT2D eigenvalue weighted by Gasteiger charge is -2.35. The Bertz CT molecular complexity index is 286. The third-order valence-electron chi connectivity index (χ3n) is 2.99. The van der Waals surface area contributed by atoms with Crippen molar-refractivity contribution in [3.05, 3.63) is 0 Å². The predicted octanol–water partition coefficient (Wildman–Crippen LogP) is 1.34. The van der Waals surface area contributed by atoms with Gasteiger partial charge in [0.2, 0.25) is 0 Å². The first-order chi connectivity index (χ1) is 8.07. The van der Waals surface area contributed by atoms with E-state index in [1.807, 2.05) is 6.26 Å². The van der Waals surface area contributed by atoms with E-state index < -0.39 is 12.0 Å². The quantitative estimate of drug-likeness (QED) is 0.828. The van der Waals surface area contributed by atoms with Crippen molar-refractivity contribution in [1.29, 1.82) is 0 Å². The molecule has 0 aromatic carbocycles. The van der Waals surface area contributed by atoms with Gasteiger partial charge in [0.15, 0.2) is 0 Å². The first-order valence-electron chi connectivity index (χ1n) is 5.81. The summed E-state index contributed by atoms with van der Waals surface area (Å²) >= 11 is 1.67. The second-order valence-corrected chi connectivity index (χ2v) is 5.23. The molecule has 0 aliphatic carbocycles. The smallest absolute Gasteiger partial charge is 0.326 e. The lowest BCUT2D eigenvalue weighted by molar-refractivity contribution is -0.143. The summed E-state index contributed by atoms with van der Waals surface area (Å²) in [4.78, 5) is 26.3. The van der Waals surface area contributed by atoms with Crippen molar-refractivity contribution >= 4 is 23.8 Å². The molecule has 98 valence electrons. The zero-order valence-corrected chi connectivity index (χ0v) is 11.2. The second-order valence-electron chi connectivity index (χ2n) is 4.24. The molecule has 0 saturated carbocycles. The molecular weight excluding hydrogens is 240 g/mol. The minimum Gasteiger partial charge on any atom is -0.480 e. The molecule has 1 atom stereocenters. The molecule has 0 radical (unpaired) electrons. The van der Waals surface area contributed by atoms with Gasteiger partial charge >= 0.3 is 12.0 Å². The molecule has 17 heavy (non-hydrogen) atoms. The number of aliphatic carboxylic acids is 1. The van der Waals surface area contributed by atoms with E-state index in [9.17, 15) is 9.59 Å². The Kier molecular flexibility index (Phi) is 5.61. The van der Waals surface area contributed by atoms with E-state index in [0.29, 0.717) is 19.5 Å². The van der Waals surface area contributed by atoms with Crippen LogP contribution in [0.1, 0.15) is 19.3 Å². The molecule has 2 amide bonds. The molecule has 6 heteroatoms. The average molecular weight is 260 g/mol. The highest BCUT2D eigenvalue weighted by Gasteiger charge is 2.33. The third kappa shape index (κ3) is 3.80. The molecule has 0 bridgehead atoms. The van der Waals surface area contributed by atoms with Crippen LogP contribution in [0.2, 0.25) is 0 Å². The van der Waals surface area contributed by atoms with E-state index in [-0.39, 0.29) is 6.03 Å². The van der Waals surface area contributed by atoms with Crippen molar-refractivity contribution < 1.29 is 14.7 Å².